The number of hydrogen-bond acceptors (Lipinski definition) is 4. The van der Waals surface area contributed by atoms with Crippen molar-refractivity contribution in [3.05, 3.63) is 24.0 Å². The number of carbonyl (C=O) groups is 1. The van der Waals surface area contributed by atoms with Crippen molar-refractivity contribution in [1.29, 1.82) is 0 Å². The molecule has 0 bridgehead atoms. The molecule has 1 heterocycles. The Morgan fingerprint density at radius 3 is 2.83 bits per heavy atom. The van der Waals surface area contributed by atoms with Crippen LogP contribution in [0.25, 0.3) is 0 Å². The van der Waals surface area contributed by atoms with E-state index < -0.39 is 0 Å². The van der Waals surface area contributed by atoms with Gasteiger partial charge >= 0.3 is 0 Å². The summed E-state index contributed by atoms with van der Waals surface area (Å²) in [6.07, 6.45) is 9.06. The summed E-state index contributed by atoms with van der Waals surface area (Å²) in [6, 6.07) is 2.05. The van der Waals surface area contributed by atoms with Crippen LogP contribution in [0.3, 0.4) is 0 Å². The lowest BCUT2D eigenvalue weighted by Gasteiger charge is -2.31. The Hall–Kier alpha value is -1.62. The number of hydrogen-bond donors (Lipinski definition) is 2. The molecule has 3 N–H and O–H groups in total. The Balaban J connectivity index is 2.14. The topological polar surface area (TPSA) is 71.2 Å². The number of rotatable bonds is 3. The van der Waals surface area contributed by atoms with Crippen molar-refractivity contribution in [2.24, 2.45) is 5.84 Å². The van der Waals surface area contributed by atoms with E-state index in [9.17, 15) is 4.79 Å². The first-order chi connectivity index (χ1) is 8.74. The highest BCUT2D eigenvalue weighted by molar-refractivity contribution is 5.99. The van der Waals surface area contributed by atoms with Crippen molar-refractivity contribution < 1.29 is 4.79 Å². The average Bonchev–Trinajstić information content (AvgIpc) is 2.46. The third kappa shape index (κ3) is 2.61. The Labute approximate surface area is 107 Å². The average molecular weight is 248 g/mol. The molecule has 98 valence electrons. The molecule has 1 saturated carbocycles. The van der Waals surface area contributed by atoms with E-state index in [2.05, 4.69) is 10.4 Å². The second-order valence-corrected chi connectivity index (χ2v) is 4.77. The molecule has 1 aromatic heterocycles. The van der Waals surface area contributed by atoms with Gasteiger partial charge in [0.05, 0.1) is 11.3 Å². The van der Waals surface area contributed by atoms with Crippen LogP contribution in [0.15, 0.2) is 18.5 Å². The molecule has 0 unspecified atom stereocenters. The number of anilines is 1. The molecule has 0 aliphatic heterocycles. The van der Waals surface area contributed by atoms with E-state index >= 15 is 0 Å². The van der Waals surface area contributed by atoms with E-state index in [0.717, 1.165) is 12.8 Å². The number of pyridine rings is 1. The summed E-state index contributed by atoms with van der Waals surface area (Å²) in [5.74, 6) is 5.41. The molecular formula is C13H20N4O. The van der Waals surface area contributed by atoms with Gasteiger partial charge in [-0.1, -0.05) is 19.3 Å². The van der Waals surface area contributed by atoms with Gasteiger partial charge in [-0.2, -0.15) is 0 Å². The molecule has 1 aliphatic rings. The molecule has 2 rings (SSSR count). The monoisotopic (exact) mass is 248 g/mol. The van der Waals surface area contributed by atoms with E-state index in [0.29, 0.717) is 17.3 Å². The number of hydrazine groups is 1. The maximum Gasteiger partial charge on any atom is 0.257 e. The minimum absolute atomic E-state index is 0.0112. The Bertz CT molecular complexity index is 415. The van der Waals surface area contributed by atoms with E-state index in [4.69, 9.17) is 5.84 Å². The summed E-state index contributed by atoms with van der Waals surface area (Å²) in [7, 11) is 1.87. The molecule has 1 aromatic rings. The fourth-order valence-corrected chi connectivity index (χ4v) is 2.51. The molecule has 1 aliphatic carbocycles. The SMILES string of the molecule is CN(C(=O)c1cnccc1NN)C1CCCCC1. The highest BCUT2D eigenvalue weighted by atomic mass is 16.2. The molecule has 1 fully saturated rings. The van der Waals surface area contributed by atoms with Gasteiger partial charge in [0.15, 0.2) is 0 Å². The van der Waals surface area contributed by atoms with Crippen LogP contribution in [0.4, 0.5) is 5.69 Å². The summed E-state index contributed by atoms with van der Waals surface area (Å²) >= 11 is 0. The van der Waals surface area contributed by atoms with Crippen molar-refractivity contribution in [2.75, 3.05) is 12.5 Å². The first kappa shape index (κ1) is 12.8. The quantitative estimate of drug-likeness (QED) is 0.631. The zero-order valence-corrected chi connectivity index (χ0v) is 10.7. The highest BCUT2D eigenvalue weighted by Gasteiger charge is 2.24. The number of nitrogens with zero attached hydrogens (tertiary/aromatic N) is 2. The molecule has 18 heavy (non-hydrogen) atoms. The van der Waals surface area contributed by atoms with Crippen LogP contribution in [-0.4, -0.2) is 28.9 Å². The van der Waals surface area contributed by atoms with Crippen LogP contribution < -0.4 is 11.3 Å². The zero-order valence-electron chi connectivity index (χ0n) is 10.7. The smallest absolute Gasteiger partial charge is 0.257 e. The van der Waals surface area contributed by atoms with Gasteiger partial charge in [-0.25, -0.2) is 0 Å². The van der Waals surface area contributed by atoms with E-state index in [1.165, 1.54) is 19.3 Å². The zero-order chi connectivity index (χ0) is 13.0. The minimum Gasteiger partial charge on any atom is -0.339 e. The normalized spacial score (nSPS) is 16.3. The number of nitrogen functional groups attached to an aromatic ring is 1. The van der Waals surface area contributed by atoms with Crippen molar-refractivity contribution in [3.63, 3.8) is 0 Å². The largest absolute Gasteiger partial charge is 0.339 e. The van der Waals surface area contributed by atoms with Gasteiger partial charge in [0, 0.05) is 25.5 Å². The van der Waals surface area contributed by atoms with Crippen LogP contribution in [0, 0.1) is 0 Å². The summed E-state index contributed by atoms with van der Waals surface area (Å²) in [6.45, 7) is 0. The third-order valence-electron chi connectivity index (χ3n) is 3.65. The van der Waals surface area contributed by atoms with Crippen molar-refractivity contribution in [2.45, 2.75) is 38.1 Å². The van der Waals surface area contributed by atoms with Crippen molar-refractivity contribution >= 4 is 11.6 Å². The van der Waals surface area contributed by atoms with Crippen LogP contribution in [0.1, 0.15) is 42.5 Å². The van der Waals surface area contributed by atoms with Gasteiger partial charge in [-0.15, -0.1) is 0 Å². The first-order valence-corrected chi connectivity index (χ1v) is 6.42. The number of aromatic nitrogens is 1. The Morgan fingerprint density at radius 1 is 1.44 bits per heavy atom. The van der Waals surface area contributed by atoms with Gasteiger partial charge in [-0.05, 0) is 18.9 Å². The molecule has 5 heteroatoms. The first-order valence-electron chi connectivity index (χ1n) is 6.42. The van der Waals surface area contributed by atoms with Crippen LogP contribution in [-0.2, 0) is 0 Å². The molecule has 1 amide bonds. The third-order valence-corrected chi connectivity index (χ3v) is 3.65. The maximum absolute atomic E-state index is 12.4. The van der Waals surface area contributed by atoms with E-state index in [-0.39, 0.29) is 5.91 Å². The summed E-state index contributed by atoms with van der Waals surface area (Å²) in [5, 5.41) is 0. The molecular weight excluding hydrogens is 228 g/mol. The minimum atomic E-state index is -0.0112. The lowest BCUT2D eigenvalue weighted by molar-refractivity contribution is 0.0697. The standard InChI is InChI=1S/C13H20N4O/c1-17(10-5-3-2-4-6-10)13(18)11-9-15-8-7-12(11)16-14/h7-10H,2-6,14H2,1H3,(H,15,16). The molecule has 0 radical (unpaired) electrons. The predicted molar refractivity (Wildman–Crippen MR) is 71.0 cm³/mol. The summed E-state index contributed by atoms with van der Waals surface area (Å²) in [4.78, 5) is 18.2. The van der Waals surface area contributed by atoms with Gasteiger partial charge in [0.25, 0.3) is 5.91 Å². The van der Waals surface area contributed by atoms with Gasteiger partial charge in [0.1, 0.15) is 0 Å². The summed E-state index contributed by atoms with van der Waals surface area (Å²) in [5.41, 5.74) is 3.70. The fourth-order valence-electron chi connectivity index (χ4n) is 2.51. The van der Waals surface area contributed by atoms with Gasteiger partial charge in [-0.3, -0.25) is 15.6 Å². The lowest BCUT2D eigenvalue weighted by atomic mass is 9.94. The Kier molecular flexibility index (Phi) is 4.15. The summed E-state index contributed by atoms with van der Waals surface area (Å²) < 4.78 is 0. The molecule has 0 saturated heterocycles. The van der Waals surface area contributed by atoms with Crippen LogP contribution in [0.5, 0.6) is 0 Å². The molecule has 0 aromatic carbocycles. The second kappa shape index (κ2) is 5.82. The van der Waals surface area contributed by atoms with Crippen LogP contribution in [0.2, 0.25) is 0 Å². The number of carbonyl (C=O) groups excluding carboxylic acids is 1. The molecule has 0 spiro atoms. The molecule has 5 nitrogen and oxygen atoms in total. The number of amides is 1. The molecule has 0 atom stereocenters. The van der Waals surface area contributed by atoms with Crippen molar-refractivity contribution in [3.8, 4) is 0 Å². The van der Waals surface area contributed by atoms with Crippen molar-refractivity contribution in [1.82, 2.24) is 9.88 Å². The Morgan fingerprint density at radius 2 is 2.17 bits per heavy atom. The fraction of sp³-hybridized carbons (Fsp3) is 0.538. The second-order valence-electron chi connectivity index (χ2n) is 4.77. The highest BCUT2D eigenvalue weighted by Crippen LogP contribution is 2.24. The predicted octanol–water partition coefficient (Wildman–Crippen LogP) is 1.77. The lowest BCUT2D eigenvalue weighted by Crippen LogP contribution is -2.38. The number of nitrogens with one attached hydrogen (secondary N) is 1. The van der Waals surface area contributed by atoms with E-state index in [1.807, 2.05) is 11.9 Å². The van der Waals surface area contributed by atoms with E-state index in [1.54, 1.807) is 18.5 Å². The van der Waals surface area contributed by atoms with Gasteiger partial charge < -0.3 is 10.3 Å². The maximum atomic E-state index is 12.4. The van der Waals surface area contributed by atoms with Gasteiger partial charge in [0.2, 0.25) is 0 Å². The number of nitrogens with two attached hydrogens (primary N) is 1. The van der Waals surface area contributed by atoms with Crippen LogP contribution >= 0.6 is 0 Å².